The molecule has 0 radical (unpaired) electrons. The van der Waals surface area contributed by atoms with E-state index in [1.54, 1.807) is 37.4 Å². The summed E-state index contributed by atoms with van der Waals surface area (Å²) in [6, 6.07) is 14.6. The van der Waals surface area contributed by atoms with Gasteiger partial charge in [-0.2, -0.15) is 0 Å². The lowest BCUT2D eigenvalue weighted by molar-refractivity contribution is 0.0774. The number of hydrogen-bond acceptors (Lipinski definition) is 5. The summed E-state index contributed by atoms with van der Waals surface area (Å²) >= 11 is 3.31. The highest BCUT2D eigenvalue weighted by molar-refractivity contribution is 9.10. The molecule has 0 aliphatic rings. The van der Waals surface area contributed by atoms with Gasteiger partial charge in [-0.05, 0) is 61.5 Å². The molecule has 1 N–H and O–H groups in total. The molecule has 0 aliphatic carbocycles. The Morgan fingerprint density at radius 1 is 1.13 bits per heavy atom. The number of amides is 1. The Hall–Kier alpha value is -2.78. The third kappa shape index (κ3) is 5.03. The van der Waals surface area contributed by atoms with Gasteiger partial charge in [0.2, 0.25) is 0 Å². The first kappa shape index (κ1) is 21.9. The molecule has 0 spiro atoms. The first-order valence-electron chi connectivity index (χ1n) is 8.97. The van der Waals surface area contributed by atoms with E-state index in [0.717, 1.165) is 10.2 Å². The molecule has 30 heavy (non-hydrogen) atoms. The number of hydrogen-bond donors (Lipinski definition) is 1. The molecule has 0 unspecified atom stereocenters. The number of carbonyl (C=O) groups excluding carboxylic acids is 1. The molecule has 158 valence electrons. The summed E-state index contributed by atoms with van der Waals surface area (Å²) in [5.74, 6) is 1.19. The highest BCUT2D eigenvalue weighted by Crippen LogP contribution is 2.28. The Kier molecular flexibility index (Phi) is 6.52. The summed E-state index contributed by atoms with van der Waals surface area (Å²) in [4.78, 5) is 14.2. The van der Waals surface area contributed by atoms with Gasteiger partial charge in [-0.3, -0.25) is 9.52 Å². The minimum absolute atomic E-state index is 0.124. The van der Waals surface area contributed by atoms with E-state index in [2.05, 4.69) is 20.7 Å². The van der Waals surface area contributed by atoms with Crippen molar-refractivity contribution in [1.29, 1.82) is 0 Å². The number of benzene rings is 2. The lowest BCUT2D eigenvalue weighted by Gasteiger charge is -2.17. The highest BCUT2D eigenvalue weighted by Gasteiger charge is 2.23. The van der Waals surface area contributed by atoms with Crippen molar-refractivity contribution in [3.05, 3.63) is 76.2 Å². The predicted octanol–water partition coefficient (Wildman–Crippen LogP) is 4.43. The Bertz CT molecular complexity index is 1160. The van der Waals surface area contributed by atoms with Crippen LogP contribution >= 0.6 is 15.9 Å². The summed E-state index contributed by atoms with van der Waals surface area (Å²) in [6.07, 6.45) is 0. The second-order valence-electron chi connectivity index (χ2n) is 6.65. The van der Waals surface area contributed by atoms with Crippen molar-refractivity contribution in [2.45, 2.75) is 18.4 Å². The van der Waals surface area contributed by atoms with Crippen molar-refractivity contribution in [1.82, 2.24) is 4.90 Å². The minimum Gasteiger partial charge on any atom is -0.495 e. The average molecular weight is 493 g/mol. The van der Waals surface area contributed by atoms with Crippen LogP contribution in [0.5, 0.6) is 5.75 Å². The number of ether oxygens (including phenoxy) is 1. The zero-order valence-electron chi connectivity index (χ0n) is 16.7. The Morgan fingerprint density at radius 3 is 2.43 bits per heavy atom. The zero-order valence-corrected chi connectivity index (χ0v) is 19.1. The molecule has 0 fully saturated rings. The molecule has 1 heterocycles. The van der Waals surface area contributed by atoms with E-state index in [0.29, 0.717) is 11.4 Å². The van der Waals surface area contributed by atoms with E-state index in [-0.39, 0.29) is 28.7 Å². The smallest absolute Gasteiger partial charge is 0.265 e. The van der Waals surface area contributed by atoms with Crippen LogP contribution in [-0.4, -0.2) is 33.4 Å². The number of nitrogens with zero attached hydrogens (tertiary/aromatic N) is 1. The molecule has 0 aliphatic heterocycles. The molecule has 0 bridgehead atoms. The third-order valence-corrected chi connectivity index (χ3v) is 6.26. The van der Waals surface area contributed by atoms with Crippen LogP contribution in [0.2, 0.25) is 0 Å². The fourth-order valence-corrected chi connectivity index (χ4v) is 4.36. The van der Waals surface area contributed by atoms with Gasteiger partial charge in [0.1, 0.15) is 22.2 Å². The molecule has 3 aromatic rings. The van der Waals surface area contributed by atoms with Crippen LogP contribution in [0.15, 0.2) is 68.4 Å². The first-order valence-corrected chi connectivity index (χ1v) is 11.2. The number of furan rings is 1. The number of nitrogens with one attached hydrogen (secondary N) is 1. The monoisotopic (exact) mass is 492 g/mol. The molecule has 3 rings (SSSR count). The topological polar surface area (TPSA) is 88.8 Å². The second-order valence-corrected chi connectivity index (χ2v) is 9.22. The molecule has 1 amide bonds. The summed E-state index contributed by atoms with van der Waals surface area (Å²) in [5, 5.41) is 0. The van der Waals surface area contributed by atoms with E-state index in [9.17, 15) is 13.2 Å². The Labute approximate surface area is 183 Å². The average Bonchev–Trinajstić information content (AvgIpc) is 3.13. The molecular weight excluding hydrogens is 472 g/mol. The van der Waals surface area contributed by atoms with Crippen molar-refractivity contribution in [2.24, 2.45) is 0 Å². The SMILES string of the molecule is COc1ccc(C(=O)N(C)Cc2ccc(C)o2)cc1S(=O)(=O)Nc1ccc(Br)cc1. The molecule has 0 saturated carbocycles. The van der Waals surface area contributed by atoms with Crippen molar-refractivity contribution in [3.63, 3.8) is 0 Å². The molecule has 9 heteroatoms. The maximum Gasteiger partial charge on any atom is 0.265 e. The van der Waals surface area contributed by atoms with Gasteiger partial charge in [0.15, 0.2) is 0 Å². The van der Waals surface area contributed by atoms with Gasteiger partial charge < -0.3 is 14.1 Å². The maximum atomic E-state index is 13.0. The van der Waals surface area contributed by atoms with Crippen LogP contribution in [0.3, 0.4) is 0 Å². The first-order chi connectivity index (χ1) is 14.2. The van der Waals surface area contributed by atoms with Crippen LogP contribution in [0, 0.1) is 6.92 Å². The minimum atomic E-state index is -3.99. The van der Waals surface area contributed by atoms with Crippen LogP contribution in [0.1, 0.15) is 21.9 Å². The van der Waals surface area contributed by atoms with E-state index in [1.807, 2.05) is 13.0 Å². The lowest BCUT2D eigenvalue weighted by atomic mass is 10.2. The molecular formula is C21H21BrN2O5S. The number of halogens is 1. The quantitative estimate of drug-likeness (QED) is 0.526. The predicted molar refractivity (Wildman–Crippen MR) is 117 cm³/mol. The standard InChI is InChI=1S/C21H21BrN2O5S/c1-14-4-10-18(29-14)13-24(2)21(25)15-5-11-19(28-3)20(12-15)30(26,27)23-17-8-6-16(22)7-9-17/h4-12,23H,13H2,1-3H3. The van der Waals surface area contributed by atoms with E-state index < -0.39 is 10.0 Å². The van der Waals surface area contributed by atoms with E-state index in [4.69, 9.17) is 9.15 Å². The van der Waals surface area contributed by atoms with Gasteiger partial charge in [0.25, 0.3) is 15.9 Å². The summed E-state index contributed by atoms with van der Waals surface area (Å²) in [7, 11) is -0.986. The lowest BCUT2D eigenvalue weighted by Crippen LogP contribution is -2.26. The van der Waals surface area contributed by atoms with Gasteiger partial charge in [-0.25, -0.2) is 8.42 Å². The number of rotatable bonds is 7. The van der Waals surface area contributed by atoms with Crippen molar-refractivity contribution in [3.8, 4) is 5.75 Å². The van der Waals surface area contributed by atoms with Crippen LogP contribution in [0.4, 0.5) is 5.69 Å². The Balaban J connectivity index is 1.88. The molecule has 0 atom stereocenters. The third-order valence-electron chi connectivity index (χ3n) is 4.33. The number of anilines is 1. The van der Waals surface area contributed by atoms with Crippen molar-refractivity contribution >= 4 is 37.5 Å². The molecule has 2 aromatic carbocycles. The maximum absolute atomic E-state index is 13.0. The number of aryl methyl sites for hydroxylation is 1. The van der Waals surface area contributed by atoms with Gasteiger partial charge in [0.05, 0.1) is 13.7 Å². The normalized spacial score (nSPS) is 11.2. The molecule has 0 saturated heterocycles. The van der Waals surface area contributed by atoms with Crippen molar-refractivity contribution < 1.29 is 22.4 Å². The van der Waals surface area contributed by atoms with Gasteiger partial charge in [0, 0.05) is 22.8 Å². The van der Waals surface area contributed by atoms with Gasteiger partial charge in [-0.15, -0.1) is 0 Å². The Morgan fingerprint density at radius 2 is 1.83 bits per heavy atom. The van der Waals surface area contributed by atoms with E-state index in [1.165, 1.54) is 30.2 Å². The van der Waals surface area contributed by atoms with Crippen LogP contribution in [-0.2, 0) is 16.6 Å². The van der Waals surface area contributed by atoms with Crippen LogP contribution < -0.4 is 9.46 Å². The van der Waals surface area contributed by atoms with Crippen molar-refractivity contribution in [2.75, 3.05) is 18.9 Å². The molecule has 7 nitrogen and oxygen atoms in total. The number of sulfonamides is 1. The fraction of sp³-hybridized carbons (Fsp3) is 0.190. The number of methoxy groups -OCH3 is 1. The van der Waals surface area contributed by atoms with E-state index >= 15 is 0 Å². The fourth-order valence-electron chi connectivity index (χ4n) is 2.84. The zero-order chi connectivity index (χ0) is 21.9. The van der Waals surface area contributed by atoms with Crippen LogP contribution in [0.25, 0.3) is 0 Å². The molecule has 1 aromatic heterocycles. The number of carbonyl (C=O) groups is 1. The summed E-state index contributed by atoms with van der Waals surface area (Å²) in [5.41, 5.74) is 0.611. The highest BCUT2D eigenvalue weighted by atomic mass is 79.9. The van der Waals surface area contributed by atoms with Gasteiger partial charge in [-0.1, -0.05) is 15.9 Å². The second kappa shape index (κ2) is 8.93. The largest absolute Gasteiger partial charge is 0.495 e. The summed E-state index contributed by atoms with van der Waals surface area (Å²) < 4.78 is 40.0. The summed E-state index contributed by atoms with van der Waals surface area (Å²) in [6.45, 7) is 2.09. The van der Waals surface area contributed by atoms with Gasteiger partial charge >= 0.3 is 0 Å².